The molecule has 0 amide bonds. The summed E-state index contributed by atoms with van der Waals surface area (Å²) in [4.78, 5) is 16.6. The summed E-state index contributed by atoms with van der Waals surface area (Å²) in [5, 5.41) is 15.0. The summed E-state index contributed by atoms with van der Waals surface area (Å²) >= 11 is 2.73. The molecule has 0 aliphatic carbocycles. The number of ether oxygens (including phenoxy) is 2. The van der Waals surface area contributed by atoms with Crippen molar-refractivity contribution in [1.29, 1.82) is 0 Å². The van der Waals surface area contributed by atoms with E-state index in [9.17, 15) is 9.90 Å². The van der Waals surface area contributed by atoms with Gasteiger partial charge >= 0.3 is 5.97 Å². The van der Waals surface area contributed by atoms with Crippen LogP contribution < -0.4 is 0 Å². The van der Waals surface area contributed by atoms with Crippen molar-refractivity contribution in [3.8, 4) is 0 Å². The van der Waals surface area contributed by atoms with Gasteiger partial charge < -0.3 is 14.6 Å². The minimum atomic E-state index is -1.72. The van der Waals surface area contributed by atoms with Crippen molar-refractivity contribution in [2.45, 2.75) is 48.8 Å². The predicted octanol–water partition coefficient (Wildman–Crippen LogP) is 2.20. The van der Waals surface area contributed by atoms with E-state index in [1.54, 1.807) is 12.1 Å². The van der Waals surface area contributed by atoms with Gasteiger partial charge in [0.15, 0.2) is 0 Å². The molecule has 2 bridgehead atoms. The van der Waals surface area contributed by atoms with Gasteiger partial charge in [-0.3, -0.25) is 4.90 Å². The first-order chi connectivity index (χ1) is 12.1. The van der Waals surface area contributed by atoms with Gasteiger partial charge in [-0.15, -0.1) is 22.7 Å². The van der Waals surface area contributed by atoms with Gasteiger partial charge in [0, 0.05) is 24.9 Å². The first kappa shape index (κ1) is 16.0. The smallest absolute Gasteiger partial charge is 0.349 e. The monoisotopic (exact) mass is 377 g/mol. The number of likely N-dealkylation sites (N-methyl/N-ethyl adjacent to an activating group) is 1. The van der Waals surface area contributed by atoms with Crippen molar-refractivity contribution >= 4 is 28.6 Å². The summed E-state index contributed by atoms with van der Waals surface area (Å²) in [6, 6.07) is 7.88. The van der Waals surface area contributed by atoms with Gasteiger partial charge in [0.25, 0.3) is 0 Å². The molecule has 7 heteroatoms. The highest BCUT2D eigenvalue weighted by molar-refractivity contribution is 7.12. The highest BCUT2D eigenvalue weighted by Crippen LogP contribution is 2.48. The second kappa shape index (κ2) is 5.62. The molecule has 2 aromatic heterocycles. The third-order valence-corrected chi connectivity index (χ3v) is 7.66. The molecule has 0 spiro atoms. The van der Waals surface area contributed by atoms with E-state index in [2.05, 4.69) is 11.9 Å². The Morgan fingerprint density at radius 1 is 1.20 bits per heavy atom. The zero-order valence-electron chi connectivity index (χ0n) is 13.7. The molecule has 3 aliphatic rings. The Hall–Kier alpha value is -1.25. The van der Waals surface area contributed by atoms with Crippen LogP contribution >= 0.6 is 22.7 Å². The van der Waals surface area contributed by atoms with Gasteiger partial charge in [0.2, 0.25) is 5.60 Å². The molecular formula is C18H19NO4S2. The number of nitrogens with zero attached hydrogens (tertiary/aromatic N) is 1. The highest BCUT2D eigenvalue weighted by Gasteiger charge is 2.63. The van der Waals surface area contributed by atoms with Gasteiger partial charge in [-0.25, -0.2) is 4.79 Å². The maximum atomic E-state index is 13.0. The normalized spacial score (nSPS) is 33.9. The number of rotatable bonds is 4. The van der Waals surface area contributed by atoms with Crippen LogP contribution in [0.2, 0.25) is 0 Å². The maximum Gasteiger partial charge on any atom is 0.349 e. The number of thiophene rings is 2. The van der Waals surface area contributed by atoms with E-state index in [4.69, 9.17) is 9.47 Å². The Morgan fingerprint density at radius 2 is 1.76 bits per heavy atom. The van der Waals surface area contributed by atoms with E-state index in [-0.39, 0.29) is 6.10 Å². The lowest BCUT2D eigenvalue weighted by Crippen LogP contribution is -2.49. The van der Waals surface area contributed by atoms with Crippen molar-refractivity contribution in [3.05, 3.63) is 44.8 Å². The largest absolute Gasteiger partial charge is 0.460 e. The molecule has 25 heavy (non-hydrogen) atoms. The molecule has 0 radical (unpaired) electrons. The minimum absolute atomic E-state index is 0.165. The molecule has 132 valence electrons. The average molecular weight is 377 g/mol. The van der Waals surface area contributed by atoms with Gasteiger partial charge in [-0.1, -0.05) is 12.1 Å². The first-order valence-corrected chi connectivity index (χ1v) is 10.2. The number of fused-ring (bicyclic) bond motifs is 5. The number of carbonyl (C=O) groups is 1. The maximum absolute atomic E-state index is 13.0. The third kappa shape index (κ3) is 2.34. The summed E-state index contributed by atoms with van der Waals surface area (Å²) in [7, 11) is 2.12. The number of esters is 1. The summed E-state index contributed by atoms with van der Waals surface area (Å²) in [6.07, 6.45) is 1.97. The number of aliphatic hydroxyl groups is 1. The molecule has 5 heterocycles. The van der Waals surface area contributed by atoms with Crippen LogP contribution in [0.5, 0.6) is 0 Å². The number of piperidine rings is 1. The van der Waals surface area contributed by atoms with Crippen LogP contribution in [0, 0.1) is 0 Å². The zero-order valence-corrected chi connectivity index (χ0v) is 15.3. The second-order valence-corrected chi connectivity index (χ2v) is 8.92. The Balaban J connectivity index is 1.39. The molecule has 3 aliphatic heterocycles. The fraction of sp³-hybridized carbons (Fsp3) is 0.500. The Labute approximate surface area is 153 Å². The predicted molar refractivity (Wildman–Crippen MR) is 94.8 cm³/mol. The quantitative estimate of drug-likeness (QED) is 0.654. The Bertz CT molecular complexity index is 723. The lowest BCUT2D eigenvalue weighted by molar-refractivity contribution is -0.171. The summed E-state index contributed by atoms with van der Waals surface area (Å²) in [6.45, 7) is 0. The molecule has 3 fully saturated rings. The van der Waals surface area contributed by atoms with E-state index in [1.807, 2.05) is 22.9 Å². The molecule has 2 unspecified atom stereocenters. The third-order valence-electron chi connectivity index (χ3n) is 5.70. The van der Waals surface area contributed by atoms with Gasteiger partial charge in [0.05, 0.1) is 9.75 Å². The number of hydrogen-bond donors (Lipinski definition) is 1. The van der Waals surface area contributed by atoms with Crippen LogP contribution in [-0.2, 0) is 19.9 Å². The van der Waals surface area contributed by atoms with Crippen molar-refractivity contribution in [3.63, 3.8) is 0 Å². The molecule has 3 saturated heterocycles. The van der Waals surface area contributed by atoms with Crippen LogP contribution in [0.25, 0.3) is 0 Å². The molecule has 1 N–H and O–H groups in total. The fourth-order valence-corrected chi connectivity index (χ4v) is 6.04. The molecule has 5 nitrogen and oxygen atoms in total. The zero-order chi connectivity index (χ0) is 17.2. The number of carbonyl (C=O) groups excluding carboxylic acids is 1. The summed E-state index contributed by atoms with van der Waals surface area (Å²) in [5.41, 5.74) is -1.72. The van der Waals surface area contributed by atoms with Crippen molar-refractivity contribution < 1.29 is 19.4 Å². The van der Waals surface area contributed by atoms with Gasteiger partial charge in [-0.2, -0.15) is 0 Å². The summed E-state index contributed by atoms with van der Waals surface area (Å²) < 4.78 is 11.5. The van der Waals surface area contributed by atoms with Crippen LogP contribution in [0.1, 0.15) is 22.6 Å². The molecule has 2 aromatic rings. The number of epoxide rings is 1. The lowest BCUT2D eigenvalue weighted by atomic mass is 9.97. The average Bonchev–Trinajstić information content (AvgIpc) is 2.97. The van der Waals surface area contributed by atoms with E-state index in [0.29, 0.717) is 34.0 Å². The SMILES string of the molecule is CN1[C@@H]2CC(OC(=O)C(O)(c3cccs3)c3cccs3)C[C@H]1[C@@H]1OC12. The first-order valence-electron chi connectivity index (χ1n) is 8.48. The molecule has 5 rings (SSSR count). The molecule has 0 aromatic carbocycles. The van der Waals surface area contributed by atoms with E-state index < -0.39 is 11.6 Å². The highest BCUT2D eigenvalue weighted by atomic mass is 32.1. The number of morpholine rings is 1. The van der Waals surface area contributed by atoms with Crippen molar-refractivity contribution in [2.24, 2.45) is 0 Å². The topological polar surface area (TPSA) is 62.3 Å². The van der Waals surface area contributed by atoms with Gasteiger partial charge in [0.1, 0.15) is 18.3 Å². The Morgan fingerprint density at radius 3 is 2.24 bits per heavy atom. The van der Waals surface area contributed by atoms with Crippen LogP contribution in [0.3, 0.4) is 0 Å². The lowest BCUT2D eigenvalue weighted by Gasteiger charge is -2.38. The standard InChI is InChI=1S/C18H19NO4S2/c1-19-11-8-10(9-12(19)16-15(11)23-16)22-17(20)18(21,13-4-2-6-24-13)14-5-3-7-25-14/h2-7,10-12,15-16,21H,8-9H2,1H3/t10?,11-,12+,15-,16?/m0/s1. The van der Waals surface area contributed by atoms with Crippen LogP contribution in [0.4, 0.5) is 0 Å². The summed E-state index contributed by atoms with van der Waals surface area (Å²) in [5.74, 6) is -0.569. The van der Waals surface area contributed by atoms with E-state index in [0.717, 1.165) is 12.8 Å². The van der Waals surface area contributed by atoms with Crippen molar-refractivity contribution in [1.82, 2.24) is 4.90 Å². The fourth-order valence-electron chi connectivity index (χ4n) is 4.32. The van der Waals surface area contributed by atoms with E-state index >= 15 is 0 Å². The van der Waals surface area contributed by atoms with Crippen molar-refractivity contribution in [2.75, 3.05) is 7.05 Å². The van der Waals surface area contributed by atoms with Crippen LogP contribution in [0.15, 0.2) is 35.0 Å². The van der Waals surface area contributed by atoms with E-state index in [1.165, 1.54) is 22.7 Å². The minimum Gasteiger partial charge on any atom is -0.460 e. The molecule has 5 atom stereocenters. The number of hydrogen-bond acceptors (Lipinski definition) is 7. The molecule has 0 saturated carbocycles. The van der Waals surface area contributed by atoms with Gasteiger partial charge in [-0.05, 0) is 29.9 Å². The van der Waals surface area contributed by atoms with Crippen LogP contribution in [-0.4, -0.2) is 53.4 Å². The Kier molecular flexibility index (Phi) is 3.59. The second-order valence-electron chi connectivity index (χ2n) is 7.03. The molecular weight excluding hydrogens is 358 g/mol.